The van der Waals surface area contributed by atoms with E-state index in [9.17, 15) is 19.7 Å². The average Bonchev–Trinajstić information content (AvgIpc) is 3.04. The molecule has 2 amide bonds. The number of hydrogen-bond donors (Lipinski definition) is 2. The minimum atomic E-state index is -0.718. The lowest BCUT2D eigenvalue weighted by Crippen LogP contribution is -2.40. The van der Waals surface area contributed by atoms with Crippen molar-refractivity contribution in [3.63, 3.8) is 0 Å². The van der Waals surface area contributed by atoms with Crippen LogP contribution in [0.3, 0.4) is 0 Å². The molecule has 2 rings (SSSR count). The number of hydrazine groups is 1. The van der Waals surface area contributed by atoms with E-state index in [1.807, 2.05) is 0 Å². The molecule has 0 aliphatic rings. The molecule has 0 aliphatic carbocycles. The maximum atomic E-state index is 11.8. The Morgan fingerprint density at radius 2 is 2.04 bits per heavy atom. The number of hydrogen-bond acceptors (Lipinski definition) is 5. The molecule has 2 N–H and O–H groups in total. The second kappa shape index (κ2) is 7.23. The third kappa shape index (κ3) is 4.42. The molecule has 23 heavy (non-hydrogen) atoms. The van der Waals surface area contributed by atoms with E-state index in [1.165, 1.54) is 24.5 Å². The van der Waals surface area contributed by atoms with Crippen LogP contribution in [0.25, 0.3) is 6.08 Å². The lowest BCUT2D eigenvalue weighted by molar-refractivity contribution is -0.384. The molecule has 0 unspecified atom stereocenters. The quantitative estimate of drug-likeness (QED) is 0.505. The third-order valence-electron chi connectivity index (χ3n) is 2.65. The van der Waals surface area contributed by atoms with Crippen molar-refractivity contribution in [2.75, 3.05) is 0 Å². The summed E-state index contributed by atoms with van der Waals surface area (Å²) in [6.45, 7) is 0. The molecule has 0 bridgehead atoms. The molecule has 118 valence electrons. The number of nitro benzene ring substituents is 1. The molecule has 0 spiro atoms. The molecule has 0 radical (unpaired) electrons. The molecular formula is C14H10ClN3O5. The number of halogens is 1. The fourth-order valence-corrected chi connectivity index (χ4v) is 1.76. The molecule has 9 heteroatoms. The molecule has 0 atom stereocenters. The number of amides is 2. The number of carbonyl (C=O) groups excluding carboxylic acids is 2. The number of benzene rings is 1. The van der Waals surface area contributed by atoms with Gasteiger partial charge in [0.2, 0.25) is 0 Å². The van der Waals surface area contributed by atoms with Crippen molar-refractivity contribution in [3.8, 4) is 0 Å². The van der Waals surface area contributed by atoms with Gasteiger partial charge in [-0.15, -0.1) is 0 Å². The van der Waals surface area contributed by atoms with Gasteiger partial charge in [0, 0.05) is 17.7 Å². The Morgan fingerprint density at radius 3 is 2.70 bits per heavy atom. The van der Waals surface area contributed by atoms with Crippen molar-refractivity contribution in [1.29, 1.82) is 0 Å². The van der Waals surface area contributed by atoms with Crippen LogP contribution in [0, 0.1) is 10.1 Å². The Bertz CT molecular complexity index is 771. The molecule has 0 saturated heterocycles. The van der Waals surface area contributed by atoms with E-state index in [1.54, 1.807) is 12.1 Å². The first-order valence-electron chi connectivity index (χ1n) is 6.23. The second-order valence-corrected chi connectivity index (χ2v) is 4.62. The SMILES string of the molecule is O=C(C=Cc1ccco1)NNC(=O)c1ccc(Cl)c([N+](=O)[O-])c1. The molecule has 0 aliphatic heterocycles. The van der Waals surface area contributed by atoms with Gasteiger partial charge in [0.1, 0.15) is 10.8 Å². The number of nitrogens with zero attached hydrogens (tertiary/aromatic N) is 1. The van der Waals surface area contributed by atoms with Crippen molar-refractivity contribution < 1.29 is 18.9 Å². The van der Waals surface area contributed by atoms with E-state index in [0.29, 0.717) is 5.76 Å². The molecule has 2 aromatic rings. The normalized spacial score (nSPS) is 10.5. The number of rotatable bonds is 4. The highest BCUT2D eigenvalue weighted by Crippen LogP contribution is 2.24. The van der Waals surface area contributed by atoms with Gasteiger partial charge in [-0.3, -0.25) is 30.6 Å². The molecule has 1 aromatic heterocycles. The van der Waals surface area contributed by atoms with Gasteiger partial charge in [-0.05, 0) is 30.3 Å². The van der Waals surface area contributed by atoms with Gasteiger partial charge in [0.25, 0.3) is 17.5 Å². The summed E-state index contributed by atoms with van der Waals surface area (Å²) in [6, 6.07) is 6.85. The van der Waals surface area contributed by atoms with Crippen molar-refractivity contribution in [2.24, 2.45) is 0 Å². The maximum absolute atomic E-state index is 11.8. The van der Waals surface area contributed by atoms with Crippen LogP contribution in [0.5, 0.6) is 0 Å². The predicted molar refractivity (Wildman–Crippen MR) is 81.5 cm³/mol. The topological polar surface area (TPSA) is 114 Å². The van der Waals surface area contributed by atoms with E-state index in [0.717, 1.165) is 12.1 Å². The summed E-state index contributed by atoms with van der Waals surface area (Å²) in [6.07, 6.45) is 4.02. The zero-order valence-corrected chi connectivity index (χ0v) is 12.2. The molecule has 0 fully saturated rings. The van der Waals surface area contributed by atoms with Gasteiger partial charge in [0.05, 0.1) is 11.2 Å². The van der Waals surface area contributed by atoms with Gasteiger partial charge < -0.3 is 4.42 Å². The van der Waals surface area contributed by atoms with Crippen molar-refractivity contribution in [2.45, 2.75) is 0 Å². The van der Waals surface area contributed by atoms with E-state index < -0.39 is 22.4 Å². The molecule has 1 aromatic carbocycles. The fourth-order valence-electron chi connectivity index (χ4n) is 1.57. The second-order valence-electron chi connectivity index (χ2n) is 4.22. The fraction of sp³-hybridized carbons (Fsp3) is 0. The monoisotopic (exact) mass is 335 g/mol. The van der Waals surface area contributed by atoms with E-state index in [-0.39, 0.29) is 10.6 Å². The van der Waals surface area contributed by atoms with Crippen LogP contribution in [0.4, 0.5) is 5.69 Å². The first-order chi connectivity index (χ1) is 11.0. The standard InChI is InChI=1S/C14H10ClN3O5/c15-11-5-3-9(8-12(11)18(21)22)14(20)17-16-13(19)6-4-10-2-1-7-23-10/h1-8H,(H,16,19)(H,17,20). The number of nitro groups is 1. The molecular weight excluding hydrogens is 326 g/mol. The number of carbonyl (C=O) groups is 2. The lowest BCUT2D eigenvalue weighted by atomic mass is 10.2. The highest BCUT2D eigenvalue weighted by molar-refractivity contribution is 6.32. The van der Waals surface area contributed by atoms with E-state index >= 15 is 0 Å². The summed E-state index contributed by atoms with van der Waals surface area (Å²) in [5.41, 5.74) is 3.85. The Hall–Kier alpha value is -3.13. The van der Waals surface area contributed by atoms with Gasteiger partial charge in [0.15, 0.2) is 0 Å². The first-order valence-corrected chi connectivity index (χ1v) is 6.61. The Kier molecular flexibility index (Phi) is 5.11. The van der Waals surface area contributed by atoms with Crippen LogP contribution in [0.15, 0.2) is 47.1 Å². The zero-order valence-electron chi connectivity index (χ0n) is 11.5. The minimum absolute atomic E-state index is 0.0172. The van der Waals surface area contributed by atoms with E-state index in [4.69, 9.17) is 16.0 Å². The van der Waals surface area contributed by atoms with Gasteiger partial charge in [-0.2, -0.15) is 0 Å². The zero-order chi connectivity index (χ0) is 16.8. The molecule has 8 nitrogen and oxygen atoms in total. The van der Waals surface area contributed by atoms with Crippen LogP contribution in [-0.2, 0) is 4.79 Å². The number of furan rings is 1. The van der Waals surface area contributed by atoms with Crippen LogP contribution >= 0.6 is 11.6 Å². The molecule has 0 saturated carbocycles. The summed E-state index contributed by atoms with van der Waals surface area (Å²) in [5, 5.41) is 10.7. The molecule has 1 heterocycles. The van der Waals surface area contributed by atoms with Crippen LogP contribution < -0.4 is 10.9 Å². The Morgan fingerprint density at radius 1 is 1.26 bits per heavy atom. The summed E-state index contributed by atoms with van der Waals surface area (Å²) in [7, 11) is 0. The maximum Gasteiger partial charge on any atom is 0.288 e. The minimum Gasteiger partial charge on any atom is -0.465 e. The lowest BCUT2D eigenvalue weighted by Gasteiger charge is -2.05. The highest BCUT2D eigenvalue weighted by Gasteiger charge is 2.16. The van der Waals surface area contributed by atoms with Gasteiger partial charge >= 0.3 is 0 Å². The van der Waals surface area contributed by atoms with Crippen molar-refractivity contribution >= 4 is 35.2 Å². The van der Waals surface area contributed by atoms with Crippen LogP contribution in [0.1, 0.15) is 16.1 Å². The van der Waals surface area contributed by atoms with E-state index in [2.05, 4.69) is 10.9 Å². The largest absolute Gasteiger partial charge is 0.465 e. The van der Waals surface area contributed by atoms with Crippen LogP contribution in [0.2, 0.25) is 5.02 Å². The Labute approximate surface area is 134 Å². The predicted octanol–water partition coefficient (Wildman–Crippen LogP) is 2.32. The average molecular weight is 336 g/mol. The summed E-state index contributed by atoms with van der Waals surface area (Å²) < 4.78 is 5.00. The highest BCUT2D eigenvalue weighted by atomic mass is 35.5. The first kappa shape index (κ1) is 16.2. The van der Waals surface area contributed by atoms with Gasteiger partial charge in [-0.1, -0.05) is 11.6 Å². The Balaban J connectivity index is 1.95. The van der Waals surface area contributed by atoms with Crippen LogP contribution in [-0.4, -0.2) is 16.7 Å². The summed E-state index contributed by atoms with van der Waals surface area (Å²) in [5.74, 6) is -0.845. The smallest absolute Gasteiger partial charge is 0.288 e. The van der Waals surface area contributed by atoms with Crippen molar-refractivity contribution in [1.82, 2.24) is 10.9 Å². The number of nitrogens with one attached hydrogen (secondary N) is 2. The summed E-state index contributed by atoms with van der Waals surface area (Å²) >= 11 is 5.65. The van der Waals surface area contributed by atoms with Gasteiger partial charge in [-0.25, -0.2) is 0 Å². The third-order valence-corrected chi connectivity index (χ3v) is 2.97. The summed E-state index contributed by atoms with van der Waals surface area (Å²) in [4.78, 5) is 33.4. The van der Waals surface area contributed by atoms with Crippen molar-refractivity contribution in [3.05, 3.63) is 69.1 Å².